The second-order valence-corrected chi connectivity index (χ2v) is 6.89. The van der Waals surface area contributed by atoms with Gasteiger partial charge in [0, 0.05) is 0 Å². The van der Waals surface area contributed by atoms with E-state index in [2.05, 4.69) is 43.4 Å². The molecule has 0 saturated carbocycles. The molecule has 1 aromatic heterocycles. The minimum absolute atomic E-state index is 0.136. The van der Waals surface area contributed by atoms with Crippen molar-refractivity contribution in [3.05, 3.63) is 57.8 Å². The summed E-state index contributed by atoms with van der Waals surface area (Å²) in [5, 5.41) is 6.04. The Morgan fingerprint density at radius 2 is 1.81 bits per heavy atom. The fourth-order valence-electron chi connectivity index (χ4n) is 1.87. The van der Waals surface area contributed by atoms with E-state index in [-0.39, 0.29) is 11.3 Å². The number of carbonyl (C=O) groups is 1. The van der Waals surface area contributed by atoms with Crippen LogP contribution in [0.4, 0.5) is 0 Å². The predicted octanol–water partition coefficient (Wildman–Crippen LogP) is 4.20. The number of amides is 1. The summed E-state index contributed by atoms with van der Waals surface area (Å²) in [7, 11) is 0. The molecule has 2 aromatic rings. The van der Waals surface area contributed by atoms with E-state index in [9.17, 15) is 4.79 Å². The van der Waals surface area contributed by atoms with Crippen LogP contribution < -0.4 is 5.43 Å². The molecule has 0 aliphatic carbocycles. The molecule has 0 aliphatic heterocycles. The zero-order chi connectivity index (χ0) is 15.5. The molecular weight excluding hydrogens is 280 g/mol. The molecule has 0 radical (unpaired) electrons. The van der Waals surface area contributed by atoms with E-state index < -0.39 is 0 Å². The minimum atomic E-state index is -0.171. The van der Waals surface area contributed by atoms with Gasteiger partial charge < -0.3 is 0 Å². The van der Waals surface area contributed by atoms with Gasteiger partial charge in [-0.3, -0.25) is 4.79 Å². The van der Waals surface area contributed by atoms with Gasteiger partial charge in [-0.2, -0.15) is 5.10 Å². The van der Waals surface area contributed by atoms with E-state index in [0.29, 0.717) is 4.88 Å². The van der Waals surface area contributed by atoms with Gasteiger partial charge in [0.05, 0.1) is 10.6 Å². The lowest BCUT2D eigenvalue weighted by Crippen LogP contribution is -2.18. The molecule has 0 atom stereocenters. The Bertz CT molecular complexity index is 634. The molecule has 0 bridgehead atoms. The molecule has 110 valence electrons. The van der Waals surface area contributed by atoms with Crippen LogP contribution >= 0.6 is 11.3 Å². The highest BCUT2D eigenvalue weighted by Gasteiger charge is 2.13. The van der Waals surface area contributed by atoms with Gasteiger partial charge in [-0.15, -0.1) is 11.3 Å². The molecule has 2 rings (SSSR count). The maximum Gasteiger partial charge on any atom is 0.281 e. The van der Waals surface area contributed by atoms with E-state index in [0.717, 1.165) is 11.3 Å². The van der Waals surface area contributed by atoms with Crippen LogP contribution in [0.15, 0.2) is 46.9 Å². The predicted molar refractivity (Wildman–Crippen MR) is 89.1 cm³/mol. The van der Waals surface area contributed by atoms with Crippen LogP contribution in [0.3, 0.4) is 0 Å². The minimum Gasteiger partial charge on any atom is -0.266 e. The lowest BCUT2D eigenvalue weighted by Gasteiger charge is -2.19. The van der Waals surface area contributed by atoms with Crippen molar-refractivity contribution >= 4 is 23.0 Å². The maximum atomic E-state index is 11.8. The van der Waals surface area contributed by atoms with Gasteiger partial charge >= 0.3 is 0 Å². The molecule has 0 spiro atoms. The molecule has 1 amide bonds. The molecule has 0 unspecified atom stereocenters. The zero-order valence-electron chi connectivity index (χ0n) is 12.8. The largest absolute Gasteiger partial charge is 0.281 e. The fourth-order valence-corrected chi connectivity index (χ4v) is 2.49. The van der Waals surface area contributed by atoms with Crippen molar-refractivity contribution in [1.82, 2.24) is 5.43 Å². The van der Waals surface area contributed by atoms with Crippen LogP contribution in [0.1, 0.15) is 48.5 Å². The Kier molecular flexibility index (Phi) is 4.58. The van der Waals surface area contributed by atoms with Gasteiger partial charge in [0.15, 0.2) is 0 Å². The summed E-state index contributed by atoms with van der Waals surface area (Å²) >= 11 is 1.40. The van der Waals surface area contributed by atoms with E-state index in [1.165, 1.54) is 16.9 Å². The van der Waals surface area contributed by atoms with Crippen molar-refractivity contribution in [2.45, 2.75) is 33.1 Å². The Labute approximate surface area is 129 Å². The number of hydrogen-bond donors (Lipinski definition) is 1. The van der Waals surface area contributed by atoms with Gasteiger partial charge in [-0.05, 0) is 34.9 Å². The molecule has 0 fully saturated rings. The van der Waals surface area contributed by atoms with E-state index in [4.69, 9.17) is 0 Å². The molecule has 1 N–H and O–H groups in total. The van der Waals surface area contributed by atoms with Crippen molar-refractivity contribution < 1.29 is 4.79 Å². The van der Waals surface area contributed by atoms with Crippen LogP contribution in [-0.4, -0.2) is 11.6 Å². The molecular formula is C17H20N2OS. The Hall–Kier alpha value is -1.94. The van der Waals surface area contributed by atoms with Crippen LogP contribution in [-0.2, 0) is 5.41 Å². The molecule has 0 aliphatic rings. The SMILES string of the molecule is CC(=NNC(=O)c1cccs1)c1ccc(C(C)(C)C)cc1. The standard InChI is InChI=1S/C17H20N2OS/c1-12(18-19-16(20)15-6-5-11-21-15)13-7-9-14(10-8-13)17(2,3)4/h5-11H,1-4H3,(H,19,20). The highest BCUT2D eigenvalue weighted by atomic mass is 32.1. The second-order valence-electron chi connectivity index (χ2n) is 5.94. The Balaban J connectivity index is 2.07. The van der Waals surface area contributed by atoms with Gasteiger partial charge in [0.2, 0.25) is 0 Å². The third-order valence-electron chi connectivity index (χ3n) is 3.24. The van der Waals surface area contributed by atoms with E-state index in [1.54, 1.807) is 6.07 Å². The van der Waals surface area contributed by atoms with Crippen molar-refractivity contribution in [3.8, 4) is 0 Å². The van der Waals surface area contributed by atoms with Crippen LogP contribution in [0.5, 0.6) is 0 Å². The molecule has 1 aromatic carbocycles. The summed E-state index contributed by atoms with van der Waals surface area (Å²) < 4.78 is 0. The van der Waals surface area contributed by atoms with Crippen molar-refractivity contribution in [2.24, 2.45) is 5.10 Å². The summed E-state index contributed by atoms with van der Waals surface area (Å²) in [5.41, 5.74) is 5.80. The molecule has 1 heterocycles. The average Bonchev–Trinajstić information content (AvgIpc) is 2.98. The Morgan fingerprint density at radius 1 is 1.14 bits per heavy atom. The highest BCUT2D eigenvalue weighted by molar-refractivity contribution is 7.12. The van der Waals surface area contributed by atoms with Gasteiger partial charge in [-0.25, -0.2) is 5.43 Å². The van der Waals surface area contributed by atoms with Crippen molar-refractivity contribution in [1.29, 1.82) is 0 Å². The molecule has 4 heteroatoms. The third kappa shape index (κ3) is 4.02. The average molecular weight is 300 g/mol. The quantitative estimate of drug-likeness (QED) is 0.670. The van der Waals surface area contributed by atoms with Gasteiger partial charge in [-0.1, -0.05) is 51.1 Å². The lowest BCUT2D eigenvalue weighted by molar-refractivity contribution is 0.0959. The normalized spacial score (nSPS) is 12.3. The molecule has 3 nitrogen and oxygen atoms in total. The number of carbonyl (C=O) groups excluding carboxylic acids is 1. The van der Waals surface area contributed by atoms with E-state index in [1.807, 2.05) is 30.5 Å². The first-order chi connectivity index (χ1) is 9.88. The van der Waals surface area contributed by atoms with Gasteiger partial charge in [0.25, 0.3) is 5.91 Å². The van der Waals surface area contributed by atoms with Crippen LogP contribution in [0.25, 0.3) is 0 Å². The maximum absolute atomic E-state index is 11.8. The van der Waals surface area contributed by atoms with Crippen LogP contribution in [0, 0.1) is 0 Å². The Morgan fingerprint density at radius 3 is 2.33 bits per heavy atom. The fraction of sp³-hybridized carbons (Fsp3) is 0.294. The number of thiophene rings is 1. The summed E-state index contributed by atoms with van der Waals surface area (Å²) in [6, 6.07) is 11.9. The summed E-state index contributed by atoms with van der Waals surface area (Å²) in [6.07, 6.45) is 0. The summed E-state index contributed by atoms with van der Waals surface area (Å²) in [5.74, 6) is -0.171. The first-order valence-electron chi connectivity index (χ1n) is 6.87. The first-order valence-corrected chi connectivity index (χ1v) is 7.75. The zero-order valence-corrected chi connectivity index (χ0v) is 13.6. The highest BCUT2D eigenvalue weighted by Crippen LogP contribution is 2.22. The van der Waals surface area contributed by atoms with Gasteiger partial charge in [0.1, 0.15) is 0 Å². The number of nitrogens with one attached hydrogen (secondary N) is 1. The smallest absolute Gasteiger partial charge is 0.266 e. The number of hydrazone groups is 1. The molecule has 21 heavy (non-hydrogen) atoms. The summed E-state index contributed by atoms with van der Waals surface area (Å²) in [6.45, 7) is 8.44. The lowest BCUT2D eigenvalue weighted by atomic mass is 9.86. The van der Waals surface area contributed by atoms with Crippen molar-refractivity contribution in [3.63, 3.8) is 0 Å². The van der Waals surface area contributed by atoms with Crippen molar-refractivity contribution in [2.75, 3.05) is 0 Å². The number of benzene rings is 1. The topological polar surface area (TPSA) is 41.5 Å². The second kappa shape index (κ2) is 6.22. The number of nitrogens with zero attached hydrogens (tertiary/aromatic N) is 1. The number of rotatable bonds is 3. The van der Waals surface area contributed by atoms with Crippen LogP contribution in [0.2, 0.25) is 0 Å². The third-order valence-corrected chi connectivity index (χ3v) is 4.11. The summed E-state index contributed by atoms with van der Waals surface area (Å²) in [4.78, 5) is 12.5. The van der Waals surface area contributed by atoms with E-state index >= 15 is 0 Å². The first kappa shape index (κ1) is 15.4. The molecule has 0 saturated heterocycles. The monoisotopic (exact) mass is 300 g/mol. The number of hydrogen-bond acceptors (Lipinski definition) is 3.